The van der Waals surface area contributed by atoms with Gasteiger partial charge in [-0.1, -0.05) is 18.2 Å². The minimum atomic E-state index is -0.505. The highest BCUT2D eigenvalue weighted by Gasteiger charge is 2.48. The number of rotatable bonds is 6. The Morgan fingerprint density at radius 2 is 2.50 bits per heavy atom. The van der Waals surface area contributed by atoms with E-state index in [9.17, 15) is 4.79 Å². The lowest BCUT2D eigenvalue weighted by atomic mass is 9.85. The second-order valence-electron chi connectivity index (χ2n) is 5.16. The number of aromatic nitrogens is 3. The van der Waals surface area contributed by atoms with Gasteiger partial charge in [-0.3, -0.25) is 4.79 Å². The van der Waals surface area contributed by atoms with Crippen LogP contribution in [-0.4, -0.2) is 46.2 Å². The van der Waals surface area contributed by atoms with Gasteiger partial charge in [0.25, 0.3) is 0 Å². The molecule has 0 radical (unpaired) electrons. The van der Waals surface area contributed by atoms with Crippen LogP contribution in [0.4, 0.5) is 0 Å². The Hall–Kier alpha value is -1.08. The third-order valence-corrected chi connectivity index (χ3v) is 5.25. The summed E-state index contributed by atoms with van der Waals surface area (Å²) in [5.41, 5.74) is -0.505. The topological polar surface area (TPSA) is 69.0 Å². The standard InChI is InChI=1S/C13H22N4O2S/c1-14-13(11(18)19-3)7-4-5-10(13)6-8-20-12-16-15-9-17(12)2/h9-10,14H,4-8H2,1-3H3. The van der Waals surface area contributed by atoms with Gasteiger partial charge in [0.15, 0.2) is 5.16 Å². The molecule has 6 nitrogen and oxygen atoms in total. The average Bonchev–Trinajstić information content (AvgIpc) is 3.05. The summed E-state index contributed by atoms with van der Waals surface area (Å²) in [6.07, 6.45) is 5.65. The van der Waals surface area contributed by atoms with Crippen LogP contribution in [-0.2, 0) is 16.6 Å². The molecular weight excluding hydrogens is 276 g/mol. The number of carbonyl (C=O) groups is 1. The minimum Gasteiger partial charge on any atom is -0.468 e. The van der Waals surface area contributed by atoms with E-state index in [0.29, 0.717) is 5.92 Å². The molecule has 2 rings (SSSR count). The number of methoxy groups -OCH3 is 1. The third-order valence-electron chi connectivity index (χ3n) is 4.18. The summed E-state index contributed by atoms with van der Waals surface area (Å²) in [5.74, 6) is 1.12. The van der Waals surface area contributed by atoms with Crippen LogP contribution >= 0.6 is 11.8 Å². The first-order valence-electron chi connectivity index (χ1n) is 6.88. The second-order valence-corrected chi connectivity index (χ2v) is 6.23. The Morgan fingerprint density at radius 3 is 3.10 bits per heavy atom. The Morgan fingerprint density at radius 1 is 1.70 bits per heavy atom. The van der Waals surface area contributed by atoms with Crippen molar-refractivity contribution in [3.63, 3.8) is 0 Å². The largest absolute Gasteiger partial charge is 0.468 e. The molecule has 1 heterocycles. The van der Waals surface area contributed by atoms with Gasteiger partial charge in [0, 0.05) is 12.8 Å². The summed E-state index contributed by atoms with van der Waals surface area (Å²) in [7, 11) is 5.25. The highest BCUT2D eigenvalue weighted by atomic mass is 32.2. The highest BCUT2D eigenvalue weighted by molar-refractivity contribution is 7.99. The summed E-state index contributed by atoms with van der Waals surface area (Å²) >= 11 is 1.68. The summed E-state index contributed by atoms with van der Waals surface area (Å²) < 4.78 is 6.90. The predicted octanol–water partition coefficient (Wildman–Crippen LogP) is 1.23. The van der Waals surface area contributed by atoms with E-state index in [1.165, 1.54) is 7.11 Å². The fraction of sp³-hybridized carbons (Fsp3) is 0.769. The molecule has 0 amide bonds. The molecule has 1 fully saturated rings. The van der Waals surface area contributed by atoms with Crippen LogP contribution in [0.15, 0.2) is 11.5 Å². The van der Waals surface area contributed by atoms with Crippen molar-refractivity contribution in [2.75, 3.05) is 19.9 Å². The van der Waals surface area contributed by atoms with Gasteiger partial charge in [-0.05, 0) is 32.2 Å². The van der Waals surface area contributed by atoms with Gasteiger partial charge in [-0.2, -0.15) is 0 Å². The zero-order chi connectivity index (χ0) is 14.6. The minimum absolute atomic E-state index is 0.133. The monoisotopic (exact) mass is 298 g/mol. The number of ether oxygens (including phenoxy) is 1. The predicted molar refractivity (Wildman–Crippen MR) is 77.5 cm³/mol. The Labute approximate surface area is 123 Å². The van der Waals surface area contributed by atoms with Gasteiger partial charge in [0.05, 0.1) is 7.11 Å². The smallest absolute Gasteiger partial charge is 0.326 e. The van der Waals surface area contributed by atoms with Crippen LogP contribution in [0.3, 0.4) is 0 Å². The molecule has 0 saturated heterocycles. The molecule has 2 atom stereocenters. The first-order valence-corrected chi connectivity index (χ1v) is 7.86. The fourth-order valence-corrected chi connectivity index (χ4v) is 3.99. The zero-order valence-electron chi connectivity index (χ0n) is 12.3. The molecule has 2 unspecified atom stereocenters. The SMILES string of the molecule is CNC1(C(=O)OC)CCCC1CCSc1nncn1C. The maximum atomic E-state index is 12.1. The summed E-state index contributed by atoms with van der Waals surface area (Å²) in [4.78, 5) is 12.1. The number of nitrogens with zero attached hydrogens (tertiary/aromatic N) is 3. The Balaban J connectivity index is 1.94. The molecule has 1 aliphatic carbocycles. The van der Waals surface area contributed by atoms with Crippen LogP contribution < -0.4 is 5.32 Å². The molecule has 0 bridgehead atoms. The van der Waals surface area contributed by atoms with Gasteiger partial charge >= 0.3 is 5.97 Å². The lowest BCUT2D eigenvalue weighted by molar-refractivity contribution is -0.150. The van der Waals surface area contributed by atoms with Gasteiger partial charge in [-0.15, -0.1) is 10.2 Å². The van der Waals surface area contributed by atoms with Crippen molar-refractivity contribution in [1.29, 1.82) is 0 Å². The number of aryl methyl sites for hydroxylation is 1. The maximum absolute atomic E-state index is 12.1. The molecule has 1 aromatic rings. The lowest BCUT2D eigenvalue weighted by Gasteiger charge is -2.32. The molecule has 20 heavy (non-hydrogen) atoms. The van der Waals surface area contributed by atoms with Crippen molar-refractivity contribution in [2.45, 2.75) is 36.4 Å². The molecule has 0 aliphatic heterocycles. The van der Waals surface area contributed by atoms with Crippen molar-refractivity contribution in [2.24, 2.45) is 13.0 Å². The van der Waals surface area contributed by atoms with Crippen molar-refractivity contribution in [3.05, 3.63) is 6.33 Å². The van der Waals surface area contributed by atoms with E-state index in [0.717, 1.165) is 36.6 Å². The normalized spacial score (nSPS) is 25.9. The van der Waals surface area contributed by atoms with E-state index >= 15 is 0 Å². The molecule has 1 aromatic heterocycles. The first kappa shape index (κ1) is 15.3. The average molecular weight is 298 g/mol. The maximum Gasteiger partial charge on any atom is 0.326 e. The van der Waals surface area contributed by atoms with Crippen molar-refractivity contribution in [3.8, 4) is 0 Å². The molecule has 112 valence electrons. The first-order chi connectivity index (χ1) is 9.64. The molecule has 0 aromatic carbocycles. The van der Waals surface area contributed by atoms with Gasteiger partial charge in [0.2, 0.25) is 0 Å². The van der Waals surface area contributed by atoms with Crippen molar-refractivity contribution in [1.82, 2.24) is 20.1 Å². The quantitative estimate of drug-likeness (QED) is 0.629. The molecule has 0 spiro atoms. The van der Waals surface area contributed by atoms with Crippen LogP contribution in [0.1, 0.15) is 25.7 Å². The van der Waals surface area contributed by atoms with Crippen LogP contribution in [0.25, 0.3) is 0 Å². The number of carbonyl (C=O) groups excluding carboxylic acids is 1. The second kappa shape index (κ2) is 6.58. The van der Waals surface area contributed by atoms with Crippen LogP contribution in [0, 0.1) is 5.92 Å². The number of likely N-dealkylation sites (N-methyl/N-ethyl adjacent to an activating group) is 1. The van der Waals surface area contributed by atoms with Gasteiger partial charge in [-0.25, -0.2) is 0 Å². The Bertz CT molecular complexity index is 465. The Kier molecular flexibility index (Phi) is 5.04. The van der Waals surface area contributed by atoms with E-state index in [1.54, 1.807) is 18.1 Å². The van der Waals surface area contributed by atoms with E-state index in [4.69, 9.17) is 4.74 Å². The molecule has 1 aliphatic rings. The number of hydrogen-bond donors (Lipinski definition) is 1. The van der Waals surface area contributed by atoms with Crippen molar-refractivity contribution < 1.29 is 9.53 Å². The number of hydrogen-bond acceptors (Lipinski definition) is 6. The highest BCUT2D eigenvalue weighted by Crippen LogP contribution is 2.39. The molecule has 1 saturated carbocycles. The number of esters is 1. The number of thioether (sulfide) groups is 1. The zero-order valence-corrected chi connectivity index (χ0v) is 13.1. The molecular formula is C13H22N4O2S. The fourth-order valence-electron chi connectivity index (χ4n) is 3.05. The van der Waals surface area contributed by atoms with E-state index < -0.39 is 5.54 Å². The van der Waals surface area contributed by atoms with E-state index in [2.05, 4.69) is 15.5 Å². The van der Waals surface area contributed by atoms with Crippen molar-refractivity contribution >= 4 is 17.7 Å². The van der Waals surface area contributed by atoms with E-state index in [-0.39, 0.29) is 5.97 Å². The summed E-state index contributed by atoms with van der Waals surface area (Å²) in [6, 6.07) is 0. The van der Waals surface area contributed by atoms with E-state index in [1.807, 2.05) is 18.7 Å². The molecule has 7 heteroatoms. The summed E-state index contributed by atoms with van der Waals surface area (Å²) in [6.45, 7) is 0. The number of nitrogens with one attached hydrogen (secondary N) is 1. The summed E-state index contributed by atoms with van der Waals surface area (Å²) in [5, 5.41) is 12.0. The van der Waals surface area contributed by atoms with Crippen LogP contribution in [0.2, 0.25) is 0 Å². The van der Waals surface area contributed by atoms with Crippen LogP contribution in [0.5, 0.6) is 0 Å². The molecule has 1 N–H and O–H groups in total. The third kappa shape index (κ3) is 2.83. The lowest BCUT2D eigenvalue weighted by Crippen LogP contribution is -2.53. The van der Waals surface area contributed by atoms with Gasteiger partial charge < -0.3 is 14.6 Å². The van der Waals surface area contributed by atoms with Gasteiger partial charge in [0.1, 0.15) is 11.9 Å².